The second-order valence-electron chi connectivity index (χ2n) is 4.38. The summed E-state index contributed by atoms with van der Waals surface area (Å²) in [5, 5.41) is 3.29. The van der Waals surface area contributed by atoms with Crippen molar-refractivity contribution in [2.24, 2.45) is 5.92 Å². The van der Waals surface area contributed by atoms with E-state index < -0.39 is 0 Å². The van der Waals surface area contributed by atoms with Gasteiger partial charge in [-0.25, -0.2) is 4.79 Å². The van der Waals surface area contributed by atoms with Gasteiger partial charge in [0.25, 0.3) is 0 Å². The highest BCUT2D eigenvalue weighted by molar-refractivity contribution is 5.82. The smallest absolute Gasteiger partial charge is 0.332 e. The third kappa shape index (κ3) is 8.78. The average Bonchev–Trinajstić information content (AvgIpc) is 2.29. The van der Waals surface area contributed by atoms with E-state index in [1.807, 2.05) is 13.8 Å². The van der Waals surface area contributed by atoms with Crippen molar-refractivity contribution in [1.82, 2.24) is 5.32 Å². The monoisotopic (exact) mass is 241 g/mol. The van der Waals surface area contributed by atoms with Crippen LogP contribution in [0.1, 0.15) is 53.4 Å². The quantitative estimate of drug-likeness (QED) is 0.497. The lowest BCUT2D eigenvalue weighted by atomic mass is 9.99. The Balaban J connectivity index is 3.94. The number of allylic oxidation sites excluding steroid dienone is 1. The maximum Gasteiger partial charge on any atom is 0.332 e. The largest absolute Gasteiger partial charge is 0.463 e. The molecule has 0 aromatic rings. The Morgan fingerprint density at radius 1 is 1.35 bits per heavy atom. The van der Waals surface area contributed by atoms with Crippen molar-refractivity contribution in [2.75, 3.05) is 13.2 Å². The summed E-state index contributed by atoms with van der Waals surface area (Å²) in [6.07, 6.45) is 6.48. The number of ether oxygens (including phenoxy) is 1. The van der Waals surface area contributed by atoms with Crippen molar-refractivity contribution in [3.05, 3.63) is 11.8 Å². The maximum absolute atomic E-state index is 11.2. The summed E-state index contributed by atoms with van der Waals surface area (Å²) in [6.45, 7) is 9.52. The molecule has 0 aliphatic heterocycles. The molecule has 0 heterocycles. The van der Waals surface area contributed by atoms with E-state index >= 15 is 0 Å². The maximum atomic E-state index is 11.2. The van der Waals surface area contributed by atoms with E-state index in [1.54, 1.807) is 0 Å². The Morgan fingerprint density at radius 2 is 2.06 bits per heavy atom. The summed E-state index contributed by atoms with van der Waals surface area (Å²) in [5.41, 5.74) is 0.887. The molecule has 0 saturated carbocycles. The van der Waals surface area contributed by atoms with Crippen LogP contribution in [0.3, 0.4) is 0 Å². The fourth-order valence-corrected chi connectivity index (χ4v) is 1.66. The van der Waals surface area contributed by atoms with Crippen molar-refractivity contribution in [3.63, 3.8) is 0 Å². The molecule has 0 aliphatic rings. The molecule has 0 aromatic carbocycles. The molecule has 0 rings (SSSR count). The van der Waals surface area contributed by atoms with E-state index in [0.29, 0.717) is 12.5 Å². The number of unbranched alkanes of at least 4 members (excludes halogenated alkanes) is 1. The zero-order valence-electron chi connectivity index (χ0n) is 11.7. The van der Waals surface area contributed by atoms with E-state index in [9.17, 15) is 4.79 Å². The van der Waals surface area contributed by atoms with Crippen LogP contribution >= 0.6 is 0 Å². The van der Waals surface area contributed by atoms with Gasteiger partial charge in [0.15, 0.2) is 0 Å². The first-order valence-corrected chi connectivity index (χ1v) is 6.72. The molecule has 100 valence electrons. The van der Waals surface area contributed by atoms with Crippen LogP contribution < -0.4 is 5.32 Å². The first-order chi connectivity index (χ1) is 8.13. The zero-order chi connectivity index (χ0) is 13.1. The van der Waals surface area contributed by atoms with Gasteiger partial charge in [-0.1, -0.05) is 33.1 Å². The highest BCUT2D eigenvalue weighted by Gasteiger charge is 2.05. The van der Waals surface area contributed by atoms with Gasteiger partial charge in [-0.2, -0.15) is 0 Å². The SMILES string of the molecule is CCCCC(CC)CN/C(C)=C\C(=O)OCC. The van der Waals surface area contributed by atoms with E-state index in [4.69, 9.17) is 4.74 Å². The molecular weight excluding hydrogens is 214 g/mol. The molecule has 0 spiro atoms. The molecule has 0 aromatic heterocycles. The van der Waals surface area contributed by atoms with Crippen LogP contribution in [0.4, 0.5) is 0 Å². The van der Waals surface area contributed by atoms with Gasteiger partial charge < -0.3 is 10.1 Å². The minimum absolute atomic E-state index is 0.265. The van der Waals surface area contributed by atoms with Gasteiger partial charge in [-0.05, 0) is 26.2 Å². The number of carbonyl (C=O) groups excluding carboxylic acids is 1. The fraction of sp³-hybridized carbons (Fsp3) is 0.786. The second-order valence-corrected chi connectivity index (χ2v) is 4.38. The fourth-order valence-electron chi connectivity index (χ4n) is 1.66. The Hall–Kier alpha value is -0.990. The molecule has 1 unspecified atom stereocenters. The summed E-state index contributed by atoms with van der Waals surface area (Å²) < 4.78 is 4.86. The molecule has 0 amide bonds. The van der Waals surface area contributed by atoms with Gasteiger partial charge in [-0.3, -0.25) is 0 Å². The van der Waals surface area contributed by atoms with Crippen LogP contribution in [0, 0.1) is 5.92 Å². The topological polar surface area (TPSA) is 38.3 Å². The molecule has 17 heavy (non-hydrogen) atoms. The van der Waals surface area contributed by atoms with Crippen LogP contribution in [0.2, 0.25) is 0 Å². The standard InChI is InChI=1S/C14H27NO2/c1-5-8-9-13(6-2)11-15-12(4)10-14(16)17-7-3/h10,13,15H,5-9,11H2,1-4H3/b12-10-. The Morgan fingerprint density at radius 3 is 2.59 bits per heavy atom. The normalized spacial score (nSPS) is 13.3. The average molecular weight is 241 g/mol. The minimum atomic E-state index is -0.265. The highest BCUT2D eigenvalue weighted by Crippen LogP contribution is 2.11. The summed E-state index contributed by atoms with van der Waals surface area (Å²) in [7, 11) is 0. The zero-order valence-corrected chi connectivity index (χ0v) is 11.7. The summed E-state index contributed by atoms with van der Waals surface area (Å²) >= 11 is 0. The number of rotatable bonds is 9. The molecule has 0 radical (unpaired) electrons. The van der Waals surface area contributed by atoms with Gasteiger partial charge in [0.2, 0.25) is 0 Å². The first-order valence-electron chi connectivity index (χ1n) is 6.72. The lowest BCUT2D eigenvalue weighted by molar-refractivity contribution is -0.137. The van der Waals surface area contributed by atoms with Gasteiger partial charge in [0.1, 0.15) is 0 Å². The molecular formula is C14H27NO2. The van der Waals surface area contributed by atoms with Gasteiger partial charge in [-0.15, -0.1) is 0 Å². The number of hydrogen-bond acceptors (Lipinski definition) is 3. The number of esters is 1. The lowest BCUT2D eigenvalue weighted by Gasteiger charge is -2.16. The number of hydrogen-bond donors (Lipinski definition) is 1. The number of carbonyl (C=O) groups is 1. The first kappa shape index (κ1) is 16.0. The van der Waals surface area contributed by atoms with Crippen LogP contribution in [0.15, 0.2) is 11.8 Å². The summed E-state index contributed by atoms with van der Waals surface area (Å²) in [6, 6.07) is 0. The van der Waals surface area contributed by atoms with Crippen LogP contribution in [0.5, 0.6) is 0 Å². The number of nitrogens with one attached hydrogen (secondary N) is 1. The van der Waals surface area contributed by atoms with Crippen molar-refractivity contribution in [1.29, 1.82) is 0 Å². The molecule has 0 fully saturated rings. The molecule has 1 N–H and O–H groups in total. The van der Waals surface area contributed by atoms with Crippen LogP contribution in [-0.2, 0) is 9.53 Å². The minimum Gasteiger partial charge on any atom is -0.463 e. The Bertz CT molecular complexity index is 236. The van der Waals surface area contributed by atoms with Crippen molar-refractivity contribution >= 4 is 5.97 Å². The second kappa shape index (κ2) is 10.2. The van der Waals surface area contributed by atoms with Crippen LogP contribution in [0.25, 0.3) is 0 Å². The van der Waals surface area contributed by atoms with Gasteiger partial charge in [0, 0.05) is 18.3 Å². The summed E-state index contributed by atoms with van der Waals surface area (Å²) in [4.78, 5) is 11.2. The van der Waals surface area contributed by atoms with Crippen molar-refractivity contribution in [2.45, 2.75) is 53.4 Å². The third-order valence-electron chi connectivity index (χ3n) is 2.83. The molecule has 3 heteroatoms. The molecule has 3 nitrogen and oxygen atoms in total. The molecule has 1 atom stereocenters. The van der Waals surface area contributed by atoms with Gasteiger partial charge >= 0.3 is 5.97 Å². The van der Waals surface area contributed by atoms with E-state index in [2.05, 4.69) is 19.2 Å². The van der Waals surface area contributed by atoms with E-state index in [1.165, 1.54) is 31.8 Å². The lowest BCUT2D eigenvalue weighted by Crippen LogP contribution is -2.21. The predicted molar refractivity (Wildman–Crippen MR) is 71.7 cm³/mol. The van der Waals surface area contributed by atoms with Crippen LogP contribution in [-0.4, -0.2) is 19.1 Å². The van der Waals surface area contributed by atoms with E-state index in [0.717, 1.165) is 12.2 Å². The molecule has 0 saturated heterocycles. The van der Waals surface area contributed by atoms with Gasteiger partial charge in [0.05, 0.1) is 6.61 Å². The Kier molecular flexibility index (Phi) is 9.59. The highest BCUT2D eigenvalue weighted by atomic mass is 16.5. The third-order valence-corrected chi connectivity index (χ3v) is 2.83. The summed E-state index contributed by atoms with van der Waals surface area (Å²) in [5.74, 6) is 0.430. The molecule has 0 aliphatic carbocycles. The molecule has 0 bridgehead atoms. The Labute approximate surface area is 106 Å². The van der Waals surface area contributed by atoms with Crippen molar-refractivity contribution < 1.29 is 9.53 Å². The predicted octanol–water partition coefficient (Wildman–Crippen LogP) is 3.26. The van der Waals surface area contributed by atoms with E-state index in [-0.39, 0.29) is 5.97 Å². The van der Waals surface area contributed by atoms with Crippen molar-refractivity contribution in [3.8, 4) is 0 Å².